The first-order valence-corrected chi connectivity index (χ1v) is 8.36. The first kappa shape index (κ1) is 14.1. The van der Waals surface area contributed by atoms with Gasteiger partial charge < -0.3 is 0 Å². The van der Waals surface area contributed by atoms with Gasteiger partial charge in [-0.05, 0) is 57.4 Å². The normalized spacial score (nSPS) is 17.9. The van der Waals surface area contributed by atoms with Gasteiger partial charge >= 0.3 is 0 Å². The number of hydrogen-bond acceptors (Lipinski definition) is 0. The van der Waals surface area contributed by atoms with Crippen molar-refractivity contribution < 1.29 is 0 Å². The van der Waals surface area contributed by atoms with Gasteiger partial charge in [0.05, 0.1) is 0 Å². The van der Waals surface area contributed by atoms with Crippen LogP contribution in [0.2, 0.25) is 0 Å². The molecule has 0 bridgehead atoms. The smallest absolute Gasteiger partial charge is 0.0150 e. The second kappa shape index (κ2) is 7.32. The molecule has 0 radical (unpaired) electrons. The third kappa shape index (κ3) is 4.42. The van der Waals surface area contributed by atoms with Gasteiger partial charge in [0.1, 0.15) is 0 Å². The quantitative estimate of drug-likeness (QED) is 0.361. The first-order valence-electron chi connectivity index (χ1n) is 7.11. The minimum absolute atomic E-state index is 0.797. The van der Waals surface area contributed by atoms with E-state index in [1.807, 2.05) is 0 Å². The van der Waals surface area contributed by atoms with Crippen LogP contribution in [0.3, 0.4) is 0 Å². The number of alkyl halides is 1. The number of aryl methyl sites for hydroxylation is 1. The molecule has 0 N–H and O–H groups in total. The number of allylic oxidation sites excluding steroid dienone is 2. The van der Waals surface area contributed by atoms with Crippen molar-refractivity contribution in [2.24, 2.45) is 0 Å². The Hall–Kier alpha value is -0.310. The van der Waals surface area contributed by atoms with Crippen LogP contribution in [0.15, 0.2) is 41.5 Å². The molecule has 1 atom stereocenters. The molecular weight excluding hydrogens is 331 g/mol. The van der Waals surface area contributed by atoms with Gasteiger partial charge in [0.2, 0.25) is 0 Å². The highest BCUT2D eigenvalue weighted by molar-refractivity contribution is 14.1. The van der Waals surface area contributed by atoms with Gasteiger partial charge in [-0.1, -0.05) is 64.1 Å². The van der Waals surface area contributed by atoms with Gasteiger partial charge in [-0.2, -0.15) is 0 Å². The van der Waals surface area contributed by atoms with Crippen LogP contribution in [0.4, 0.5) is 0 Å². The molecule has 0 nitrogen and oxygen atoms in total. The van der Waals surface area contributed by atoms with Gasteiger partial charge in [0.25, 0.3) is 0 Å². The van der Waals surface area contributed by atoms with Gasteiger partial charge in [-0.25, -0.2) is 0 Å². The standard InChI is InChI=1S/C17H23I/c1-14-7-5-6-10-16(14)13-17(18)12-11-15-8-3-2-4-9-15/h2-4,8-9,17H,5-7,10-13H2,1H3. The molecule has 0 aliphatic heterocycles. The molecule has 0 saturated heterocycles. The van der Waals surface area contributed by atoms with E-state index in [1.165, 1.54) is 50.5 Å². The van der Waals surface area contributed by atoms with E-state index in [1.54, 1.807) is 11.1 Å². The molecule has 0 spiro atoms. The van der Waals surface area contributed by atoms with Crippen LogP contribution in [0.25, 0.3) is 0 Å². The first-order chi connectivity index (χ1) is 8.75. The van der Waals surface area contributed by atoms with Crippen molar-refractivity contribution in [2.75, 3.05) is 0 Å². The zero-order valence-corrected chi connectivity index (χ0v) is 13.4. The SMILES string of the molecule is CC1=C(CC(I)CCc2ccccc2)CCCC1. The summed E-state index contributed by atoms with van der Waals surface area (Å²) in [6, 6.07) is 10.9. The summed E-state index contributed by atoms with van der Waals surface area (Å²) in [5.41, 5.74) is 4.92. The average Bonchev–Trinajstić information content (AvgIpc) is 2.40. The Bertz CT molecular complexity index is 391. The van der Waals surface area contributed by atoms with E-state index in [2.05, 4.69) is 59.8 Å². The largest absolute Gasteiger partial charge is 0.0823 e. The molecule has 0 fully saturated rings. The Kier molecular flexibility index (Phi) is 5.74. The predicted molar refractivity (Wildman–Crippen MR) is 88.4 cm³/mol. The minimum atomic E-state index is 0.797. The summed E-state index contributed by atoms with van der Waals surface area (Å²) in [5, 5.41) is 0. The Labute approximate surface area is 125 Å². The highest BCUT2D eigenvalue weighted by Crippen LogP contribution is 2.30. The fraction of sp³-hybridized carbons (Fsp3) is 0.529. The molecule has 98 valence electrons. The van der Waals surface area contributed by atoms with Crippen LogP contribution in [-0.2, 0) is 6.42 Å². The van der Waals surface area contributed by atoms with Crippen molar-refractivity contribution in [3.05, 3.63) is 47.0 Å². The molecule has 1 aromatic rings. The molecule has 1 heteroatoms. The van der Waals surface area contributed by atoms with Crippen LogP contribution in [0, 0.1) is 0 Å². The maximum absolute atomic E-state index is 2.65. The second-order valence-corrected chi connectivity index (χ2v) is 7.18. The van der Waals surface area contributed by atoms with Gasteiger partial charge in [-0.3, -0.25) is 0 Å². The topological polar surface area (TPSA) is 0 Å². The molecule has 1 aromatic carbocycles. The van der Waals surface area contributed by atoms with Crippen molar-refractivity contribution in [1.82, 2.24) is 0 Å². The van der Waals surface area contributed by atoms with Crippen molar-refractivity contribution in [1.29, 1.82) is 0 Å². The lowest BCUT2D eigenvalue weighted by Gasteiger charge is -2.20. The third-order valence-corrected chi connectivity index (χ3v) is 5.00. The monoisotopic (exact) mass is 354 g/mol. The zero-order chi connectivity index (χ0) is 12.8. The molecule has 1 aliphatic rings. The molecule has 0 aromatic heterocycles. The van der Waals surface area contributed by atoms with E-state index >= 15 is 0 Å². The second-order valence-electron chi connectivity index (χ2n) is 5.42. The Morgan fingerprint density at radius 1 is 1.11 bits per heavy atom. The van der Waals surface area contributed by atoms with E-state index in [4.69, 9.17) is 0 Å². The molecule has 0 saturated carbocycles. The van der Waals surface area contributed by atoms with E-state index in [0.717, 1.165) is 3.92 Å². The highest BCUT2D eigenvalue weighted by atomic mass is 127. The Balaban J connectivity index is 1.80. The molecule has 0 amide bonds. The Morgan fingerprint density at radius 2 is 1.83 bits per heavy atom. The van der Waals surface area contributed by atoms with Crippen LogP contribution in [0.1, 0.15) is 51.0 Å². The van der Waals surface area contributed by atoms with Crippen LogP contribution in [-0.4, -0.2) is 3.92 Å². The number of rotatable bonds is 5. The molecule has 2 rings (SSSR count). The molecule has 0 heterocycles. The molecule has 18 heavy (non-hydrogen) atoms. The van der Waals surface area contributed by atoms with Crippen molar-refractivity contribution in [3.8, 4) is 0 Å². The molecule has 1 aliphatic carbocycles. The summed E-state index contributed by atoms with van der Waals surface area (Å²) in [5.74, 6) is 0. The molecule has 1 unspecified atom stereocenters. The van der Waals surface area contributed by atoms with Crippen LogP contribution in [0.5, 0.6) is 0 Å². The van der Waals surface area contributed by atoms with E-state index in [-0.39, 0.29) is 0 Å². The zero-order valence-electron chi connectivity index (χ0n) is 11.3. The van der Waals surface area contributed by atoms with Gasteiger partial charge in [-0.15, -0.1) is 0 Å². The highest BCUT2D eigenvalue weighted by Gasteiger charge is 2.13. The number of hydrogen-bond donors (Lipinski definition) is 0. The summed E-state index contributed by atoms with van der Waals surface area (Å²) in [6.45, 7) is 2.34. The summed E-state index contributed by atoms with van der Waals surface area (Å²) >= 11 is 2.65. The van der Waals surface area contributed by atoms with Gasteiger partial charge in [0, 0.05) is 3.92 Å². The average molecular weight is 354 g/mol. The summed E-state index contributed by atoms with van der Waals surface area (Å²) in [4.78, 5) is 0. The van der Waals surface area contributed by atoms with Crippen molar-refractivity contribution in [2.45, 2.75) is 55.8 Å². The third-order valence-electron chi connectivity index (χ3n) is 3.94. The lowest BCUT2D eigenvalue weighted by Crippen LogP contribution is -2.06. The number of halogens is 1. The predicted octanol–water partition coefficient (Wildman–Crippen LogP) is 5.70. The Morgan fingerprint density at radius 3 is 2.56 bits per heavy atom. The van der Waals surface area contributed by atoms with E-state index in [9.17, 15) is 0 Å². The maximum atomic E-state index is 2.65. The fourth-order valence-corrected chi connectivity index (χ4v) is 3.58. The van der Waals surface area contributed by atoms with E-state index in [0.29, 0.717) is 0 Å². The summed E-state index contributed by atoms with van der Waals surface area (Å²) < 4.78 is 0.797. The summed E-state index contributed by atoms with van der Waals surface area (Å²) in [7, 11) is 0. The fourth-order valence-electron chi connectivity index (χ4n) is 2.73. The lowest BCUT2D eigenvalue weighted by molar-refractivity contribution is 0.634. The summed E-state index contributed by atoms with van der Waals surface area (Å²) in [6.07, 6.45) is 9.37. The lowest BCUT2D eigenvalue weighted by atomic mass is 9.89. The van der Waals surface area contributed by atoms with Crippen molar-refractivity contribution in [3.63, 3.8) is 0 Å². The van der Waals surface area contributed by atoms with Crippen LogP contribution >= 0.6 is 22.6 Å². The van der Waals surface area contributed by atoms with Gasteiger partial charge in [0.15, 0.2) is 0 Å². The van der Waals surface area contributed by atoms with Crippen LogP contribution < -0.4 is 0 Å². The minimum Gasteiger partial charge on any atom is -0.0823 e. The number of benzene rings is 1. The van der Waals surface area contributed by atoms with E-state index < -0.39 is 0 Å². The van der Waals surface area contributed by atoms with Crippen molar-refractivity contribution >= 4 is 22.6 Å². The maximum Gasteiger partial charge on any atom is 0.0150 e. The molecular formula is C17H23I.